The second-order valence-electron chi connectivity index (χ2n) is 6.21. The highest BCUT2D eigenvalue weighted by Crippen LogP contribution is 2.30. The van der Waals surface area contributed by atoms with E-state index in [2.05, 4.69) is 4.98 Å². The second kappa shape index (κ2) is 6.77. The molecule has 2 aromatic heterocycles. The molecule has 4 nitrogen and oxygen atoms in total. The van der Waals surface area contributed by atoms with Gasteiger partial charge in [-0.15, -0.1) is 11.3 Å². The number of carbonyl (C=O) groups excluding carboxylic acids is 1. The summed E-state index contributed by atoms with van der Waals surface area (Å²) in [5.74, 6) is 0.0397. The lowest BCUT2D eigenvalue weighted by atomic mass is 10.1. The van der Waals surface area contributed by atoms with Gasteiger partial charge in [0.05, 0.1) is 10.6 Å². The first kappa shape index (κ1) is 17.9. The molecule has 3 rings (SSSR count). The molecule has 130 valence electrons. The van der Waals surface area contributed by atoms with Crippen molar-refractivity contribution in [3.63, 3.8) is 0 Å². The SMILES string of the molecule is Cc1ccc(C(=O)C(C)Sc2nc3sc(C)c(C)c3c(=O)n2C)cc1. The fourth-order valence-electron chi connectivity index (χ4n) is 2.63. The van der Waals surface area contributed by atoms with E-state index in [9.17, 15) is 9.59 Å². The quantitative estimate of drug-likeness (QED) is 0.390. The van der Waals surface area contributed by atoms with Crippen LogP contribution < -0.4 is 5.56 Å². The van der Waals surface area contributed by atoms with Gasteiger partial charge >= 0.3 is 0 Å². The fraction of sp³-hybridized carbons (Fsp3) is 0.316. The number of Topliss-reactive ketones (excluding diaryl/α,β-unsaturated/α-hetero) is 1. The Labute approximate surface area is 154 Å². The van der Waals surface area contributed by atoms with E-state index in [1.807, 2.05) is 52.0 Å². The molecule has 0 spiro atoms. The first-order valence-electron chi connectivity index (χ1n) is 8.04. The number of ketones is 1. The third-order valence-corrected chi connectivity index (χ3v) is 6.60. The molecule has 1 atom stereocenters. The Hall–Kier alpha value is -1.92. The first-order valence-corrected chi connectivity index (χ1v) is 9.73. The van der Waals surface area contributed by atoms with Gasteiger partial charge in [0.25, 0.3) is 5.56 Å². The molecule has 0 aliphatic rings. The van der Waals surface area contributed by atoms with Crippen LogP contribution in [0.5, 0.6) is 0 Å². The summed E-state index contributed by atoms with van der Waals surface area (Å²) in [6.07, 6.45) is 0. The van der Waals surface area contributed by atoms with Crippen molar-refractivity contribution in [3.8, 4) is 0 Å². The van der Waals surface area contributed by atoms with Gasteiger partial charge in [0, 0.05) is 17.5 Å². The molecule has 25 heavy (non-hydrogen) atoms. The van der Waals surface area contributed by atoms with Crippen molar-refractivity contribution < 1.29 is 4.79 Å². The molecule has 0 N–H and O–H groups in total. The van der Waals surface area contributed by atoms with Gasteiger partial charge in [-0.2, -0.15) is 0 Å². The van der Waals surface area contributed by atoms with E-state index in [0.29, 0.717) is 16.1 Å². The number of aryl methyl sites for hydroxylation is 3. The van der Waals surface area contributed by atoms with Crippen LogP contribution in [0, 0.1) is 20.8 Å². The van der Waals surface area contributed by atoms with E-state index >= 15 is 0 Å². The summed E-state index contributed by atoms with van der Waals surface area (Å²) in [6, 6.07) is 7.55. The summed E-state index contributed by atoms with van der Waals surface area (Å²) in [4.78, 5) is 31.8. The molecule has 0 amide bonds. The summed E-state index contributed by atoms with van der Waals surface area (Å²) in [7, 11) is 1.71. The number of thioether (sulfide) groups is 1. The number of carbonyl (C=O) groups is 1. The maximum atomic E-state index is 12.7. The molecule has 0 bridgehead atoms. The molecule has 0 aliphatic heterocycles. The molecule has 0 aliphatic carbocycles. The van der Waals surface area contributed by atoms with Gasteiger partial charge < -0.3 is 0 Å². The van der Waals surface area contributed by atoms with Gasteiger partial charge in [-0.25, -0.2) is 4.98 Å². The van der Waals surface area contributed by atoms with Crippen LogP contribution in [0.1, 0.15) is 33.3 Å². The monoisotopic (exact) mass is 372 g/mol. The highest BCUT2D eigenvalue weighted by molar-refractivity contribution is 8.00. The van der Waals surface area contributed by atoms with E-state index < -0.39 is 0 Å². The minimum absolute atomic E-state index is 0.0397. The predicted octanol–water partition coefficient (Wildman–Crippen LogP) is 4.28. The second-order valence-corrected chi connectivity index (χ2v) is 8.72. The summed E-state index contributed by atoms with van der Waals surface area (Å²) >= 11 is 2.86. The van der Waals surface area contributed by atoms with Crippen LogP contribution in [0.15, 0.2) is 34.2 Å². The van der Waals surface area contributed by atoms with Crippen molar-refractivity contribution in [1.82, 2.24) is 9.55 Å². The number of hydrogen-bond donors (Lipinski definition) is 0. The Morgan fingerprint density at radius 2 is 1.84 bits per heavy atom. The molecule has 0 saturated heterocycles. The molecule has 0 fully saturated rings. The molecule has 6 heteroatoms. The van der Waals surface area contributed by atoms with Crippen LogP contribution in [-0.2, 0) is 7.05 Å². The molecule has 0 radical (unpaired) electrons. The molecule has 1 unspecified atom stereocenters. The number of benzene rings is 1. The number of aromatic nitrogens is 2. The van der Waals surface area contributed by atoms with Crippen LogP contribution >= 0.6 is 23.1 Å². The van der Waals surface area contributed by atoms with Gasteiger partial charge in [-0.3, -0.25) is 14.2 Å². The van der Waals surface area contributed by atoms with Gasteiger partial charge in [-0.05, 0) is 33.3 Å². The van der Waals surface area contributed by atoms with E-state index in [-0.39, 0.29) is 16.6 Å². The zero-order valence-corrected chi connectivity index (χ0v) is 16.5. The van der Waals surface area contributed by atoms with Gasteiger partial charge in [0.15, 0.2) is 10.9 Å². The normalized spacial score (nSPS) is 12.5. The Bertz CT molecular complexity index is 1020. The van der Waals surface area contributed by atoms with Crippen molar-refractivity contribution in [2.75, 3.05) is 0 Å². The first-order chi connectivity index (χ1) is 11.8. The Balaban J connectivity index is 1.94. The van der Waals surface area contributed by atoms with Crippen LogP contribution in [0.2, 0.25) is 0 Å². The van der Waals surface area contributed by atoms with Crippen molar-refractivity contribution in [1.29, 1.82) is 0 Å². The third-order valence-electron chi connectivity index (χ3n) is 4.36. The van der Waals surface area contributed by atoms with Crippen LogP contribution in [0.3, 0.4) is 0 Å². The fourth-order valence-corrected chi connectivity index (χ4v) is 4.65. The predicted molar refractivity (Wildman–Crippen MR) is 105 cm³/mol. The number of hydrogen-bond acceptors (Lipinski definition) is 5. The Morgan fingerprint density at radius 3 is 2.48 bits per heavy atom. The zero-order valence-electron chi connectivity index (χ0n) is 14.9. The van der Waals surface area contributed by atoms with E-state index in [0.717, 1.165) is 20.8 Å². The molecule has 2 heterocycles. The number of rotatable bonds is 4. The third kappa shape index (κ3) is 3.28. The molecule has 3 aromatic rings. The minimum Gasteiger partial charge on any atom is -0.293 e. The molecular formula is C19H20N2O2S2. The van der Waals surface area contributed by atoms with Gasteiger partial charge in [0.1, 0.15) is 4.83 Å². The lowest BCUT2D eigenvalue weighted by molar-refractivity contribution is 0.0994. The van der Waals surface area contributed by atoms with Crippen molar-refractivity contribution >= 4 is 39.1 Å². The van der Waals surface area contributed by atoms with Gasteiger partial charge in [0.2, 0.25) is 0 Å². The number of thiophene rings is 1. The van der Waals surface area contributed by atoms with E-state index in [1.54, 1.807) is 11.6 Å². The van der Waals surface area contributed by atoms with Crippen LogP contribution in [-0.4, -0.2) is 20.6 Å². The topological polar surface area (TPSA) is 52.0 Å². The number of nitrogens with zero attached hydrogens (tertiary/aromatic N) is 2. The van der Waals surface area contributed by atoms with Crippen molar-refractivity contribution in [2.45, 2.75) is 38.1 Å². The summed E-state index contributed by atoms with van der Waals surface area (Å²) < 4.78 is 1.55. The molecule has 1 aromatic carbocycles. The Kier molecular flexibility index (Phi) is 4.84. The van der Waals surface area contributed by atoms with Crippen LogP contribution in [0.25, 0.3) is 10.2 Å². The van der Waals surface area contributed by atoms with E-state index in [4.69, 9.17) is 0 Å². The smallest absolute Gasteiger partial charge is 0.262 e. The van der Waals surface area contributed by atoms with E-state index in [1.165, 1.54) is 23.1 Å². The molecule has 0 saturated carbocycles. The zero-order chi connectivity index (χ0) is 18.3. The highest BCUT2D eigenvalue weighted by Gasteiger charge is 2.21. The van der Waals surface area contributed by atoms with Crippen LogP contribution in [0.4, 0.5) is 0 Å². The van der Waals surface area contributed by atoms with Gasteiger partial charge in [-0.1, -0.05) is 41.6 Å². The lowest BCUT2D eigenvalue weighted by Crippen LogP contribution is -2.22. The summed E-state index contributed by atoms with van der Waals surface area (Å²) in [5, 5.41) is 0.944. The molecular weight excluding hydrogens is 352 g/mol. The summed E-state index contributed by atoms with van der Waals surface area (Å²) in [6.45, 7) is 7.80. The summed E-state index contributed by atoms with van der Waals surface area (Å²) in [5.41, 5.74) is 2.74. The van der Waals surface area contributed by atoms with Crippen molar-refractivity contribution in [3.05, 3.63) is 56.2 Å². The maximum absolute atomic E-state index is 12.7. The van der Waals surface area contributed by atoms with Crippen molar-refractivity contribution in [2.24, 2.45) is 7.05 Å². The Morgan fingerprint density at radius 1 is 1.20 bits per heavy atom. The largest absolute Gasteiger partial charge is 0.293 e. The minimum atomic E-state index is -0.319. The maximum Gasteiger partial charge on any atom is 0.262 e. The standard InChI is InChI=1S/C19H20N2O2S2/c1-10-6-8-14(9-7-10)16(22)13(4)25-19-20-17-15(18(23)21(19)5)11(2)12(3)24-17/h6-9,13H,1-5H3. The number of fused-ring (bicyclic) bond motifs is 1. The lowest BCUT2D eigenvalue weighted by Gasteiger charge is -2.12. The average Bonchev–Trinajstić information content (AvgIpc) is 2.86. The average molecular weight is 373 g/mol. The highest BCUT2D eigenvalue weighted by atomic mass is 32.2.